The van der Waals surface area contributed by atoms with Gasteiger partial charge in [0, 0.05) is 35.8 Å². The van der Waals surface area contributed by atoms with Crippen molar-refractivity contribution in [2.45, 2.75) is 6.42 Å². The number of ether oxygens (including phenoxy) is 1. The van der Waals surface area contributed by atoms with Gasteiger partial charge in [0.1, 0.15) is 11.6 Å². The van der Waals surface area contributed by atoms with Gasteiger partial charge >= 0.3 is 0 Å². The summed E-state index contributed by atoms with van der Waals surface area (Å²) in [6, 6.07) is 14.1. The standard InChI is InChI=1S/C21H19FN2O2/c22-16-6-7-18-19(13-23-20(18)12-16)15-8-10-24(11-9-15)21(25)14-26-17-4-2-1-3-5-17/h1-8,12-13,23H,9-11,14H2. The molecule has 1 aliphatic rings. The maximum atomic E-state index is 13.3. The molecule has 2 heterocycles. The van der Waals surface area contributed by atoms with E-state index in [0.29, 0.717) is 18.8 Å². The van der Waals surface area contributed by atoms with Gasteiger partial charge in [-0.15, -0.1) is 0 Å². The van der Waals surface area contributed by atoms with Crippen LogP contribution in [0.4, 0.5) is 4.39 Å². The fourth-order valence-corrected chi connectivity index (χ4v) is 3.26. The van der Waals surface area contributed by atoms with Crippen LogP contribution in [-0.4, -0.2) is 35.5 Å². The van der Waals surface area contributed by atoms with Gasteiger partial charge in [0.25, 0.3) is 5.91 Å². The molecule has 3 aromatic rings. The number of nitrogens with one attached hydrogen (secondary N) is 1. The highest BCUT2D eigenvalue weighted by Crippen LogP contribution is 2.29. The summed E-state index contributed by atoms with van der Waals surface area (Å²) in [5.74, 6) is 0.420. The monoisotopic (exact) mass is 350 g/mol. The van der Waals surface area contributed by atoms with E-state index in [1.54, 1.807) is 11.0 Å². The quantitative estimate of drug-likeness (QED) is 0.773. The lowest BCUT2D eigenvalue weighted by Crippen LogP contribution is -2.37. The van der Waals surface area contributed by atoms with Gasteiger partial charge in [0.2, 0.25) is 0 Å². The number of nitrogens with zero attached hydrogens (tertiary/aromatic N) is 1. The van der Waals surface area contributed by atoms with Crippen molar-refractivity contribution in [1.82, 2.24) is 9.88 Å². The smallest absolute Gasteiger partial charge is 0.260 e. The Kier molecular flexibility index (Phi) is 4.44. The molecule has 132 valence electrons. The molecule has 0 fully saturated rings. The van der Waals surface area contributed by atoms with Crippen molar-refractivity contribution in [2.24, 2.45) is 0 Å². The highest BCUT2D eigenvalue weighted by molar-refractivity contribution is 5.93. The second-order valence-electron chi connectivity index (χ2n) is 6.31. The van der Waals surface area contributed by atoms with Crippen molar-refractivity contribution in [3.05, 3.63) is 72.2 Å². The van der Waals surface area contributed by atoms with Crippen molar-refractivity contribution in [2.75, 3.05) is 19.7 Å². The predicted octanol–water partition coefficient (Wildman–Crippen LogP) is 4.00. The summed E-state index contributed by atoms with van der Waals surface area (Å²) in [5, 5.41) is 1.00. The molecular formula is C21H19FN2O2. The van der Waals surface area contributed by atoms with Gasteiger partial charge in [-0.25, -0.2) is 4.39 Å². The Morgan fingerprint density at radius 3 is 2.81 bits per heavy atom. The van der Waals surface area contributed by atoms with E-state index in [4.69, 9.17) is 4.74 Å². The van der Waals surface area contributed by atoms with E-state index in [9.17, 15) is 9.18 Å². The molecule has 1 aromatic heterocycles. The highest BCUT2D eigenvalue weighted by Gasteiger charge is 2.19. The van der Waals surface area contributed by atoms with E-state index >= 15 is 0 Å². The number of amides is 1. The molecule has 0 aliphatic carbocycles. The zero-order valence-electron chi connectivity index (χ0n) is 14.2. The van der Waals surface area contributed by atoms with Crippen LogP contribution >= 0.6 is 0 Å². The first kappa shape index (κ1) is 16.4. The Hall–Kier alpha value is -3.08. The molecule has 1 aliphatic heterocycles. The summed E-state index contributed by atoms with van der Waals surface area (Å²) in [4.78, 5) is 17.2. The Morgan fingerprint density at radius 1 is 1.19 bits per heavy atom. The van der Waals surface area contributed by atoms with Crippen LogP contribution in [0.3, 0.4) is 0 Å². The molecule has 0 spiro atoms. The van der Waals surface area contributed by atoms with Gasteiger partial charge in [0.15, 0.2) is 6.61 Å². The Morgan fingerprint density at radius 2 is 2.04 bits per heavy atom. The van der Waals surface area contributed by atoms with Crippen LogP contribution in [0.2, 0.25) is 0 Å². The molecule has 1 N–H and O–H groups in total. The number of hydrogen-bond acceptors (Lipinski definition) is 2. The minimum absolute atomic E-state index is 0.0230. The van der Waals surface area contributed by atoms with Crippen LogP contribution < -0.4 is 4.74 Å². The first-order valence-electron chi connectivity index (χ1n) is 8.62. The van der Waals surface area contributed by atoms with E-state index in [2.05, 4.69) is 11.1 Å². The van der Waals surface area contributed by atoms with Crippen LogP contribution in [0.15, 0.2) is 60.8 Å². The molecule has 4 rings (SSSR count). The average Bonchev–Trinajstić information content (AvgIpc) is 3.10. The summed E-state index contributed by atoms with van der Waals surface area (Å²) in [6.07, 6.45) is 4.74. The van der Waals surface area contributed by atoms with Crippen molar-refractivity contribution < 1.29 is 13.9 Å². The summed E-state index contributed by atoms with van der Waals surface area (Å²) < 4.78 is 18.9. The molecule has 5 heteroatoms. The molecule has 0 saturated heterocycles. The summed E-state index contributed by atoms with van der Waals surface area (Å²) in [7, 11) is 0. The van der Waals surface area contributed by atoms with Crippen LogP contribution in [0.5, 0.6) is 5.75 Å². The lowest BCUT2D eigenvalue weighted by atomic mass is 9.99. The number of hydrogen-bond donors (Lipinski definition) is 1. The predicted molar refractivity (Wildman–Crippen MR) is 99.4 cm³/mol. The van der Waals surface area contributed by atoms with Gasteiger partial charge in [0.05, 0.1) is 0 Å². The number of para-hydroxylation sites is 1. The van der Waals surface area contributed by atoms with E-state index < -0.39 is 0 Å². The van der Waals surface area contributed by atoms with Crippen molar-refractivity contribution in [1.29, 1.82) is 0 Å². The maximum Gasteiger partial charge on any atom is 0.260 e. The lowest BCUT2D eigenvalue weighted by Gasteiger charge is -2.26. The largest absolute Gasteiger partial charge is 0.484 e. The molecule has 4 nitrogen and oxygen atoms in total. The van der Waals surface area contributed by atoms with Crippen LogP contribution in [0.25, 0.3) is 16.5 Å². The van der Waals surface area contributed by atoms with Crippen molar-refractivity contribution in [3.63, 3.8) is 0 Å². The van der Waals surface area contributed by atoms with Crippen LogP contribution in [-0.2, 0) is 4.79 Å². The number of aromatic amines is 1. The zero-order chi connectivity index (χ0) is 17.9. The number of aromatic nitrogens is 1. The van der Waals surface area contributed by atoms with E-state index in [-0.39, 0.29) is 18.3 Å². The number of carbonyl (C=O) groups excluding carboxylic acids is 1. The second kappa shape index (κ2) is 7.04. The molecule has 0 bridgehead atoms. The number of rotatable bonds is 4. The average molecular weight is 350 g/mol. The highest BCUT2D eigenvalue weighted by atomic mass is 19.1. The Balaban J connectivity index is 1.42. The lowest BCUT2D eigenvalue weighted by molar-refractivity contribution is -0.132. The molecule has 2 aromatic carbocycles. The topological polar surface area (TPSA) is 45.3 Å². The Bertz CT molecular complexity index is 963. The maximum absolute atomic E-state index is 13.3. The summed E-state index contributed by atoms with van der Waals surface area (Å²) in [6.45, 7) is 1.25. The second-order valence-corrected chi connectivity index (χ2v) is 6.31. The third-order valence-corrected chi connectivity index (χ3v) is 4.66. The van der Waals surface area contributed by atoms with E-state index in [0.717, 1.165) is 22.9 Å². The van der Waals surface area contributed by atoms with Crippen molar-refractivity contribution >= 4 is 22.4 Å². The normalized spacial score (nSPS) is 14.3. The number of H-pyrrole nitrogens is 1. The van der Waals surface area contributed by atoms with Gasteiger partial charge in [-0.05, 0) is 42.3 Å². The van der Waals surface area contributed by atoms with E-state index in [1.807, 2.05) is 36.5 Å². The summed E-state index contributed by atoms with van der Waals surface area (Å²) >= 11 is 0. The number of carbonyl (C=O) groups is 1. The number of halogens is 1. The van der Waals surface area contributed by atoms with Crippen molar-refractivity contribution in [3.8, 4) is 5.75 Å². The summed E-state index contributed by atoms with van der Waals surface area (Å²) in [5.41, 5.74) is 3.04. The third kappa shape index (κ3) is 3.33. The van der Waals surface area contributed by atoms with Crippen LogP contribution in [0.1, 0.15) is 12.0 Å². The first-order chi connectivity index (χ1) is 12.7. The minimum Gasteiger partial charge on any atom is -0.484 e. The zero-order valence-corrected chi connectivity index (χ0v) is 14.2. The fourth-order valence-electron chi connectivity index (χ4n) is 3.26. The molecule has 26 heavy (non-hydrogen) atoms. The van der Waals surface area contributed by atoms with Gasteiger partial charge in [-0.2, -0.15) is 0 Å². The Labute approximate surface area is 150 Å². The molecule has 0 radical (unpaired) electrons. The van der Waals surface area contributed by atoms with E-state index in [1.165, 1.54) is 17.7 Å². The fraction of sp³-hybridized carbons (Fsp3) is 0.190. The molecule has 0 atom stereocenters. The number of benzene rings is 2. The molecule has 0 saturated carbocycles. The van der Waals surface area contributed by atoms with Gasteiger partial charge < -0.3 is 14.6 Å². The molecular weight excluding hydrogens is 331 g/mol. The van der Waals surface area contributed by atoms with Crippen LogP contribution in [0, 0.1) is 5.82 Å². The van der Waals surface area contributed by atoms with Gasteiger partial charge in [-0.3, -0.25) is 4.79 Å². The first-order valence-corrected chi connectivity index (χ1v) is 8.62. The third-order valence-electron chi connectivity index (χ3n) is 4.66. The number of fused-ring (bicyclic) bond motifs is 1. The minimum atomic E-state index is -0.251. The van der Waals surface area contributed by atoms with Gasteiger partial charge in [-0.1, -0.05) is 24.3 Å². The molecule has 0 unspecified atom stereocenters. The SMILES string of the molecule is O=C(COc1ccccc1)N1CC=C(c2c[nH]c3cc(F)ccc23)CC1. The molecule has 1 amide bonds.